The Bertz CT molecular complexity index is 771. The van der Waals surface area contributed by atoms with E-state index in [1.165, 1.54) is 7.05 Å². The van der Waals surface area contributed by atoms with E-state index >= 15 is 0 Å². The Hall–Kier alpha value is -2.54. The number of aromatic hydroxyl groups is 1. The van der Waals surface area contributed by atoms with Crippen molar-refractivity contribution in [2.75, 3.05) is 11.4 Å². The maximum absolute atomic E-state index is 12.5. The van der Waals surface area contributed by atoms with Crippen LogP contribution in [0, 0.1) is 0 Å². The molecule has 2 N–H and O–H groups in total. The molecule has 0 aliphatic heterocycles. The van der Waals surface area contributed by atoms with Gasteiger partial charge in [-0.2, -0.15) is 0 Å². The summed E-state index contributed by atoms with van der Waals surface area (Å²) in [5.74, 6) is -1.88. The molecule has 2 rings (SSSR count). The van der Waals surface area contributed by atoms with Gasteiger partial charge in [0.05, 0.1) is 10.6 Å². The Balaban J connectivity index is 2.50. The van der Waals surface area contributed by atoms with E-state index in [1.807, 2.05) is 0 Å². The number of carboxylic acids is 1. The summed E-state index contributed by atoms with van der Waals surface area (Å²) in [4.78, 5) is 10.8. The van der Waals surface area contributed by atoms with Gasteiger partial charge in [0.2, 0.25) is 0 Å². The fraction of sp³-hybridized carbons (Fsp3) is 0.0714. The molecule has 110 valence electrons. The van der Waals surface area contributed by atoms with Gasteiger partial charge < -0.3 is 10.2 Å². The highest BCUT2D eigenvalue weighted by Gasteiger charge is 2.23. The zero-order chi connectivity index (χ0) is 15.6. The van der Waals surface area contributed by atoms with Crippen LogP contribution in [0.1, 0.15) is 10.4 Å². The molecule has 0 fully saturated rings. The van der Waals surface area contributed by atoms with Gasteiger partial charge in [0, 0.05) is 7.05 Å². The van der Waals surface area contributed by atoms with E-state index in [-0.39, 0.29) is 4.90 Å². The van der Waals surface area contributed by atoms with Crippen molar-refractivity contribution in [1.29, 1.82) is 0 Å². The lowest BCUT2D eigenvalue weighted by molar-refractivity contribution is 0.0693. The number of hydrogen-bond acceptors (Lipinski definition) is 4. The van der Waals surface area contributed by atoms with Gasteiger partial charge in [-0.3, -0.25) is 4.31 Å². The van der Waals surface area contributed by atoms with Crippen molar-refractivity contribution >= 4 is 21.7 Å². The van der Waals surface area contributed by atoms with Crippen LogP contribution in [0.25, 0.3) is 0 Å². The Labute approximate surface area is 121 Å². The van der Waals surface area contributed by atoms with Gasteiger partial charge in [0.1, 0.15) is 11.3 Å². The van der Waals surface area contributed by atoms with E-state index in [4.69, 9.17) is 5.11 Å². The molecule has 0 amide bonds. The van der Waals surface area contributed by atoms with Crippen LogP contribution >= 0.6 is 0 Å². The maximum atomic E-state index is 12.5. The summed E-state index contributed by atoms with van der Waals surface area (Å²) in [7, 11) is -2.53. The predicted molar refractivity (Wildman–Crippen MR) is 77.1 cm³/mol. The second-order valence-electron chi connectivity index (χ2n) is 4.29. The average Bonchev–Trinajstić information content (AvgIpc) is 2.47. The van der Waals surface area contributed by atoms with E-state index in [0.29, 0.717) is 5.69 Å². The first-order valence-corrected chi connectivity index (χ1v) is 7.38. The van der Waals surface area contributed by atoms with Gasteiger partial charge >= 0.3 is 5.97 Å². The van der Waals surface area contributed by atoms with Gasteiger partial charge in [0.15, 0.2) is 0 Å². The molecule has 21 heavy (non-hydrogen) atoms. The minimum absolute atomic E-state index is 0.205. The third-order valence-corrected chi connectivity index (χ3v) is 4.76. The molecule has 0 unspecified atom stereocenters. The summed E-state index contributed by atoms with van der Waals surface area (Å²) < 4.78 is 26.0. The lowest BCUT2D eigenvalue weighted by atomic mass is 10.2. The van der Waals surface area contributed by atoms with Crippen molar-refractivity contribution in [2.24, 2.45) is 0 Å². The van der Waals surface area contributed by atoms with Crippen LogP contribution in [0.4, 0.5) is 5.69 Å². The molecule has 2 aromatic rings. The number of rotatable bonds is 4. The Morgan fingerprint density at radius 2 is 1.71 bits per heavy atom. The zero-order valence-corrected chi connectivity index (χ0v) is 11.9. The zero-order valence-electron chi connectivity index (χ0n) is 11.1. The molecule has 0 radical (unpaired) electrons. The highest BCUT2D eigenvalue weighted by Crippen LogP contribution is 2.26. The van der Waals surface area contributed by atoms with Crippen molar-refractivity contribution in [3.05, 3.63) is 54.1 Å². The molecule has 0 saturated carbocycles. The van der Waals surface area contributed by atoms with E-state index in [0.717, 1.165) is 22.5 Å². The topological polar surface area (TPSA) is 94.9 Å². The minimum atomic E-state index is -3.91. The van der Waals surface area contributed by atoms with E-state index in [2.05, 4.69) is 0 Å². The number of para-hydroxylation sites is 1. The minimum Gasteiger partial charge on any atom is -0.507 e. The third kappa shape index (κ3) is 2.82. The number of sulfonamides is 1. The molecular formula is C14H13NO5S. The molecule has 6 nitrogen and oxygen atoms in total. The van der Waals surface area contributed by atoms with Crippen LogP contribution in [0.3, 0.4) is 0 Å². The smallest absolute Gasteiger partial charge is 0.339 e. The first-order chi connectivity index (χ1) is 9.84. The molecule has 0 aromatic heterocycles. The van der Waals surface area contributed by atoms with Crippen molar-refractivity contribution < 1.29 is 23.4 Å². The van der Waals surface area contributed by atoms with Crippen molar-refractivity contribution in [1.82, 2.24) is 0 Å². The standard InChI is InChI=1S/C14H13NO5S/c1-15(10-5-3-2-4-6-10)21(19,20)11-7-8-13(16)12(9-11)14(17)18/h2-9,16H,1H3,(H,17,18). The molecule has 0 spiro atoms. The molecule has 7 heteroatoms. The van der Waals surface area contributed by atoms with Gasteiger partial charge in [0.25, 0.3) is 10.0 Å². The predicted octanol–water partition coefficient (Wildman–Crippen LogP) is 1.92. The highest BCUT2D eigenvalue weighted by molar-refractivity contribution is 7.92. The SMILES string of the molecule is CN(c1ccccc1)S(=O)(=O)c1ccc(O)c(C(=O)O)c1. The summed E-state index contributed by atoms with van der Waals surface area (Å²) in [6, 6.07) is 11.5. The second kappa shape index (κ2) is 5.45. The maximum Gasteiger partial charge on any atom is 0.339 e. The summed E-state index contributed by atoms with van der Waals surface area (Å²) in [5.41, 5.74) is -0.0139. The van der Waals surface area contributed by atoms with Crippen LogP contribution in [0.15, 0.2) is 53.4 Å². The molecular weight excluding hydrogens is 294 g/mol. The third-order valence-electron chi connectivity index (χ3n) is 2.98. The number of carboxylic acid groups (broad SMARTS) is 1. The van der Waals surface area contributed by atoms with E-state index < -0.39 is 27.3 Å². The number of carbonyl (C=O) groups is 1. The van der Waals surface area contributed by atoms with Crippen LogP contribution in [0.2, 0.25) is 0 Å². The number of nitrogens with zero attached hydrogens (tertiary/aromatic N) is 1. The van der Waals surface area contributed by atoms with Gasteiger partial charge in [-0.15, -0.1) is 0 Å². The number of aromatic carboxylic acids is 1. The molecule has 0 aliphatic rings. The van der Waals surface area contributed by atoms with Gasteiger partial charge in [-0.05, 0) is 30.3 Å². The van der Waals surface area contributed by atoms with Crippen molar-refractivity contribution in [3.63, 3.8) is 0 Å². The monoisotopic (exact) mass is 307 g/mol. The molecule has 0 bridgehead atoms. The number of anilines is 1. The van der Waals surface area contributed by atoms with Gasteiger partial charge in [-0.1, -0.05) is 18.2 Å². The Kier molecular flexibility index (Phi) is 3.86. The second-order valence-corrected chi connectivity index (χ2v) is 6.26. The van der Waals surface area contributed by atoms with E-state index in [9.17, 15) is 18.3 Å². The molecule has 0 heterocycles. The Morgan fingerprint density at radius 3 is 2.29 bits per heavy atom. The fourth-order valence-corrected chi connectivity index (χ4v) is 3.00. The summed E-state index contributed by atoms with van der Waals surface area (Å²) in [5, 5.41) is 18.4. The van der Waals surface area contributed by atoms with Crippen LogP contribution in [-0.4, -0.2) is 31.6 Å². The van der Waals surface area contributed by atoms with Crippen LogP contribution in [0.5, 0.6) is 5.75 Å². The summed E-state index contributed by atoms with van der Waals surface area (Å²) in [6.07, 6.45) is 0. The van der Waals surface area contributed by atoms with E-state index in [1.54, 1.807) is 30.3 Å². The summed E-state index contributed by atoms with van der Waals surface area (Å²) in [6.45, 7) is 0. The fourth-order valence-electron chi connectivity index (χ4n) is 1.78. The average molecular weight is 307 g/mol. The molecule has 2 aromatic carbocycles. The Morgan fingerprint density at radius 1 is 1.10 bits per heavy atom. The quantitative estimate of drug-likeness (QED) is 0.899. The lowest BCUT2D eigenvalue weighted by Gasteiger charge is -2.19. The van der Waals surface area contributed by atoms with Crippen molar-refractivity contribution in [3.8, 4) is 5.75 Å². The number of benzene rings is 2. The molecule has 0 aliphatic carbocycles. The highest BCUT2D eigenvalue weighted by atomic mass is 32.2. The molecule has 0 atom stereocenters. The number of phenols is 1. The van der Waals surface area contributed by atoms with Crippen LogP contribution in [-0.2, 0) is 10.0 Å². The van der Waals surface area contributed by atoms with Crippen molar-refractivity contribution in [2.45, 2.75) is 4.90 Å². The molecule has 0 saturated heterocycles. The summed E-state index contributed by atoms with van der Waals surface area (Å²) >= 11 is 0. The first kappa shape index (κ1) is 14.9. The van der Waals surface area contributed by atoms with Crippen LogP contribution < -0.4 is 4.31 Å². The largest absolute Gasteiger partial charge is 0.507 e. The van der Waals surface area contributed by atoms with Gasteiger partial charge in [-0.25, -0.2) is 13.2 Å². The first-order valence-electron chi connectivity index (χ1n) is 5.94. The lowest BCUT2D eigenvalue weighted by Crippen LogP contribution is -2.26. The number of hydrogen-bond donors (Lipinski definition) is 2. The normalized spacial score (nSPS) is 11.1.